The summed E-state index contributed by atoms with van der Waals surface area (Å²) in [7, 11) is 1.76. The zero-order chi connectivity index (χ0) is 14.0. The van der Waals surface area contributed by atoms with Gasteiger partial charge in [-0.25, -0.2) is 4.98 Å². The molecule has 0 amide bonds. The number of benzene rings is 1. The van der Waals surface area contributed by atoms with Crippen LogP contribution in [0.5, 0.6) is 0 Å². The lowest BCUT2D eigenvalue weighted by atomic mass is 10.1. The fourth-order valence-electron chi connectivity index (χ4n) is 1.70. The van der Waals surface area contributed by atoms with Crippen molar-refractivity contribution in [2.75, 3.05) is 12.4 Å². The second-order valence-electron chi connectivity index (χ2n) is 4.07. The van der Waals surface area contributed by atoms with Gasteiger partial charge in [0.25, 0.3) is 0 Å². The minimum absolute atomic E-state index is 0.0167. The smallest absolute Gasteiger partial charge is 0.183 e. The second kappa shape index (κ2) is 5.48. The Bertz CT molecular complexity index is 590. The molecule has 1 aromatic heterocycles. The van der Waals surface area contributed by atoms with Crippen molar-refractivity contribution < 1.29 is 9.90 Å². The quantitative estimate of drug-likeness (QED) is 0.587. The van der Waals surface area contributed by atoms with Crippen molar-refractivity contribution in [2.24, 2.45) is 5.73 Å². The first-order chi connectivity index (χ1) is 9.02. The van der Waals surface area contributed by atoms with Crippen molar-refractivity contribution >= 4 is 22.3 Å². The van der Waals surface area contributed by atoms with E-state index in [4.69, 9.17) is 5.73 Å². The molecule has 1 atom stereocenters. The van der Waals surface area contributed by atoms with Crippen molar-refractivity contribution in [2.45, 2.75) is 13.2 Å². The summed E-state index contributed by atoms with van der Waals surface area (Å²) >= 11 is 1.33. The van der Waals surface area contributed by atoms with Gasteiger partial charge in [-0.2, -0.15) is 0 Å². The van der Waals surface area contributed by atoms with Gasteiger partial charge in [0.2, 0.25) is 0 Å². The average Bonchev–Trinajstić information content (AvgIpc) is 2.83. The summed E-state index contributed by atoms with van der Waals surface area (Å²) in [6.45, 7) is 1.52. The standard InChI is InChI=1S/C13H15N3O2S/c1-7(17)11-10(16-13(15-2)19-11)8-3-5-9(6-4-8)12(14)18/h3-6,12,18H,14H2,1-2H3,(H,15,16). The Balaban J connectivity index is 2.45. The molecule has 0 aliphatic rings. The number of nitrogens with one attached hydrogen (secondary N) is 1. The molecule has 6 heteroatoms. The first-order valence-corrected chi connectivity index (χ1v) is 6.58. The van der Waals surface area contributed by atoms with E-state index in [0.717, 1.165) is 5.56 Å². The minimum atomic E-state index is -0.996. The van der Waals surface area contributed by atoms with E-state index in [1.807, 2.05) is 0 Å². The van der Waals surface area contributed by atoms with Gasteiger partial charge in [0.1, 0.15) is 6.23 Å². The highest BCUT2D eigenvalue weighted by Gasteiger charge is 2.16. The van der Waals surface area contributed by atoms with Crippen LogP contribution in [0.3, 0.4) is 0 Å². The third kappa shape index (κ3) is 2.81. The Morgan fingerprint density at radius 3 is 2.53 bits per heavy atom. The molecule has 0 fully saturated rings. The number of anilines is 1. The van der Waals surface area contributed by atoms with Crippen LogP contribution in [0.4, 0.5) is 5.13 Å². The summed E-state index contributed by atoms with van der Waals surface area (Å²) in [5.41, 5.74) is 7.49. The van der Waals surface area contributed by atoms with Crippen LogP contribution in [0.15, 0.2) is 24.3 Å². The van der Waals surface area contributed by atoms with Crippen LogP contribution in [0, 0.1) is 0 Å². The maximum Gasteiger partial charge on any atom is 0.183 e. The maximum atomic E-state index is 11.6. The van der Waals surface area contributed by atoms with E-state index in [9.17, 15) is 9.90 Å². The molecule has 0 saturated carbocycles. The number of nitrogens with zero attached hydrogens (tertiary/aromatic N) is 1. The number of aliphatic hydroxyl groups excluding tert-OH is 1. The van der Waals surface area contributed by atoms with Crippen LogP contribution < -0.4 is 11.1 Å². The van der Waals surface area contributed by atoms with Crippen molar-refractivity contribution in [1.29, 1.82) is 0 Å². The Morgan fingerprint density at radius 1 is 1.42 bits per heavy atom. The van der Waals surface area contributed by atoms with Crippen molar-refractivity contribution in [3.05, 3.63) is 34.7 Å². The molecule has 0 aliphatic heterocycles. The Kier molecular flexibility index (Phi) is 3.94. The Labute approximate surface area is 115 Å². The molecule has 4 N–H and O–H groups in total. The van der Waals surface area contributed by atoms with E-state index in [-0.39, 0.29) is 5.78 Å². The fraction of sp³-hybridized carbons (Fsp3) is 0.231. The van der Waals surface area contributed by atoms with Gasteiger partial charge in [0.05, 0.1) is 10.6 Å². The number of thiazole rings is 1. The van der Waals surface area contributed by atoms with Gasteiger partial charge in [0, 0.05) is 19.5 Å². The largest absolute Gasteiger partial charge is 0.375 e. The van der Waals surface area contributed by atoms with Gasteiger partial charge >= 0.3 is 0 Å². The highest BCUT2D eigenvalue weighted by molar-refractivity contribution is 7.18. The molecule has 2 rings (SSSR count). The maximum absolute atomic E-state index is 11.6. The number of aromatic nitrogens is 1. The molecule has 2 aromatic rings. The molecule has 0 bridgehead atoms. The predicted molar refractivity (Wildman–Crippen MR) is 76.2 cm³/mol. The second-order valence-corrected chi connectivity index (χ2v) is 5.07. The lowest BCUT2D eigenvalue weighted by molar-refractivity contribution is 0.102. The average molecular weight is 277 g/mol. The first-order valence-electron chi connectivity index (χ1n) is 5.76. The predicted octanol–water partition coefficient (Wildman–Crippen LogP) is 2.00. The first kappa shape index (κ1) is 13.7. The number of hydrogen-bond donors (Lipinski definition) is 3. The van der Waals surface area contributed by atoms with Gasteiger partial charge < -0.3 is 16.2 Å². The van der Waals surface area contributed by atoms with E-state index in [1.54, 1.807) is 31.3 Å². The highest BCUT2D eigenvalue weighted by atomic mass is 32.1. The number of carbonyl (C=O) groups is 1. The lowest BCUT2D eigenvalue weighted by Crippen LogP contribution is -2.07. The number of nitrogens with two attached hydrogens (primary N) is 1. The fourth-order valence-corrected chi connectivity index (χ4v) is 2.54. The molecular formula is C13H15N3O2S. The summed E-state index contributed by atoms with van der Waals surface area (Å²) in [6, 6.07) is 7.04. The van der Waals surface area contributed by atoms with E-state index >= 15 is 0 Å². The molecule has 1 unspecified atom stereocenters. The normalized spacial score (nSPS) is 12.2. The molecule has 0 radical (unpaired) electrons. The third-order valence-electron chi connectivity index (χ3n) is 2.69. The van der Waals surface area contributed by atoms with E-state index in [2.05, 4.69) is 10.3 Å². The van der Waals surface area contributed by atoms with Crippen LogP contribution in [-0.4, -0.2) is 22.9 Å². The van der Waals surface area contributed by atoms with Crippen LogP contribution in [0.1, 0.15) is 28.4 Å². The van der Waals surface area contributed by atoms with Crippen molar-refractivity contribution in [3.8, 4) is 11.3 Å². The Morgan fingerprint density at radius 2 is 2.05 bits per heavy atom. The molecular weight excluding hydrogens is 262 g/mol. The summed E-state index contributed by atoms with van der Waals surface area (Å²) in [6.07, 6.45) is -0.996. The summed E-state index contributed by atoms with van der Waals surface area (Å²) in [5, 5.41) is 12.9. The third-order valence-corrected chi connectivity index (χ3v) is 3.86. The van der Waals surface area contributed by atoms with Crippen LogP contribution in [0.2, 0.25) is 0 Å². The molecule has 1 aromatic carbocycles. The van der Waals surface area contributed by atoms with Gasteiger partial charge in [-0.15, -0.1) is 0 Å². The van der Waals surface area contributed by atoms with Gasteiger partial charge in [0.15, 0.2) is 10.9 Å². The number of ketones is 1. The van der Waals surface area contributed by atoms with Crippen LogP contribution >= 0.6 is 11.3 Å². The van der Waals surface area contributed by atoms with E-state index in [1.165, 1.54) is 18.3 Å². The molecule has 0 saturated heterocycles. The Hall–Kier alpha value is -1.76. The molecule has 5 nitrogen and oxygen atoms in total. The molecule has 1 heterocycles. The monoisotopic (exact) mass is 277 g/mol. The topological polar surface area (TPSA) is 88.2 Å². The van der Waals surface area contributed by atoms with Crippen LogP contribution in [0.25, 0.3) is 11.3 Å². The summed E-state index contributed by atoms with van der Waals surface area (Å²) < 4.78 is 0. The highest BCUT2D eigenvalue weighted by Crippen LogP contribution is 2.31. The molecule has 100 valence electrons. The number of aliphatic hydroxyl groups is 1. The van der Waals surface area contributed by atoms with Crippen LogP contribution in [-0.2, 0) is 0 Å². The SMILES string of the molecule is CNc1nc(-c2ccc(C(N)O)cc2)c(C(C)=O)s1. The van der Waals surface area contributed by atoms with Gasteiger partial charge in [-0.1, -0.05) is 35.6 Å². The zero-order valence-electron chi connectivity index (χ0n) is 10.7. The summed E-state index contributed by atoms with van der Waals surface area (Å²) in [4.78, 5) is 16.6. The molecule has 0 spiro atoms. The summed E-state index contributed by atoms with van der Waals surface area (Å²) in [5.74, 6) is -0.0167. The molecule has 0 aliphatic carbocycles. The van der Waals surface area contributed by atoms with Gasteiger partial charge in [-0.3, -0.25) is 4.79 Å². The number of carbonyl (C=O) groups excluding carboxylic acids is 1. The lowest BCUT2D eigenvalue weighted by Gasteiger charge is -2.05. The van der Waals surface area contributed by atoms with E-state index < -0.39 is 6.23 Å². The van der Waals surface area contributed by atoms with Crippen molar-refractivity contribution in [1.82, 2.24) is 4.98 Å². The number of Topliss-reactive ketones (excluding diaryl/α,β-unsaturated/α-hetero) is 1. The molecule has 19 heavy (non-hydrogen) atoms. The number of rotatable bonds is 4. The zero-order valence-corrected chi connectivity index (χ0v) is 11.5. The number of hydrogen-bond acceptors (Lipinski definition) is 6. The van der Waals surface area contributed by atoms with Crippen molar-refractivity contribution in [3.63, 3.8) is 0 Å². The minimum Gasteiger partial charge on any atom is -0.375 e. The van der Waals surface area contributed by atoms with Gasteiger partial charge in [-0.05, 0) is 5.56 Å². The van der Waals surface area contributed by atoms with E-state index in [0.29, 0.717) is 21.3 Å².